The third-order valence-electron chi connectivity index (χ3n) is 2.95. The van der Waals surface area contributed by atoms with Crippen molar-refractivity contribution in [3.8, 4) is 17.0 Å². The van der Waals surface area contributed by atoms with E-state index in [0.29, 0.717) is 11.3 Å². The van der Waals surface area contributed by atoms with Crippen LogP contribution in [-0.4, -0.2) is 23.8 Å². The maximum atomic E-state index is 9.88. The van der Waals surface area contributed by atoms with Crippen molar-refractivity contribution in [2.75, 3.05) is 0 Å². The number of hydrogen-bond donors (Lipinski definition) is 1. The normalized spacial score (nSPS) is 11.2. The Morgan fingerprint density at radius 2 is 2.00 bits per heavy atom. The molecular weight excluding hydrogens is 352 g/mol. The van der Waals surface area contributed by atoms with Gasteiger partial charge < -0.3 is 0 Å². The number of para-hydroxylation sites is 1. The summed E-state index contributed by atoms with van der Waals surface area (Å²) in [6.45, 7) is 2.01. The molecule has 0 fully saturated rings. The van der Waals surface area contributed by atoms with Gasteiger partial charge in [-0.25, -0.2) is 0 Å². The van der Waals surface area contributed by atoms with Crippen molar-refractivity contribution in [3.05, 3.63) is 42.1 Å². The number of hydrogen-bond acceptors (Lipinski definition) is 3. The van der Waals surface area contributed by atoms with Crippen LogP contribution in [0.5, 0.6) is 5.75 Å². The number of nitrogens with zero attached hydrogens (tertiary/aromatic N) is 3. The first-order chi connectivity index (χ1) is 9.20. The predicted molar refractivity (Wildman–Crippen MR) is 70.5 cm³/mol. The van der Waals surface area contributed by atoms with E-state index in [1.807, 2.05) is 31.2 Å². The Morgan fingerprint density at radius 3 is 2.74 bits per heavy atom. The number of benzene rings is 1. The van der Waals surface area contributed by atoms with E-state index in [4.69, 9.17) is 5.70 Å². The zero-order valence-electron chi connectivity index (χ0n) is 10.2. The van der Waals surface area contributed by atoms with Gasteiger partial charge in [0.2, 0.25) is 0 Å². The minimum absolute atomic E-state index is 0.202. The fourth-order valence-electron chi connectivity index (χ4n) is 2.05. The van der Waals surface area contributed by atoms with Crippen LogP contribution < -0.4 is 21.3 Å². The number of fused-ring (bicyclic) bond motifs is 1. The second-order valence-electron chi connectivity index (χ2n) is 4.18. The van der Waals surface area contributed by atoms with Crippen molar-refractivity contribution in [3.63, 3.8) is 0 Å². The average Bonchev–Trinajstić information content (AvgIpc) is 2.73. The molecular formula is C13H10BIN3O-. The van der Waals surface area contributed by atoms with Gasteiger partial charge in [-0.1, -0.05) is 0 Å². The third-order valence-corrected chi connectivity index (χ3v) is 4.78. The molecule has 0 aliphatic rings. The molecule has 94 valence electrons. The molecule has 2 radical (unpaired) electrons. The molecule has 0 amide bonds. The molecule has 2 aromatic heterocycles. The van der Waals surface area contributed by atoms with Crippen molar-refractivity contribution < 1.29 is 26.4 Å². The van der Waals surface area contributed by atoms with Crippen LogP contribution in [0.1, 0.15) is 5.69 Å². The van der Waals surface area contributed by atoms with Gasteiger partial charge in [0.25, 0.3) is 0 Å². The molecule has 6 heteroatoms. The van der Waals surface area contributed by atoms with Crippen LogP contribution in [0.3, 0.4) is 0 Å². The van der Waals surface area contributed by atoms with E-state index in [1.54, 1.807) is 12.1 Å². The van der Waals surface area contributed by atoms with Gasteiger partial charge in [-0.05, 0) is 0 Å². The van der Waals surface area contributed by atoms with Gasteiger partial charge in [0.1, 0.15) is 0 Å². The Kier molecular flexibility index (Phi) is 3.18. The Bertz CT molecular complexity index is 757. The SMILES string of the molecule is [B][I-]n1c(C)cc2nnc(-c3ccccc3O)cc21. The van der Waals surface area contributed by atoms with E-state index >= 15 is 0 Å². The summed E-state index contributed by atoms with van der Waals surface area (Å²) in [5.41, 5.74) is 10.1. The molecule has 0 spiro atoms. The molecule has 1 aromatic carbocycles. The van der Waals surface area contributed by atoms with Crippen LogP contribution >= 0.6 is 0 Å². The molecule has 3 rings (SSSR count). The van der Waals surface area contributed by atoms with Gasteiger partial charge in [0.15, 0.2) is 0 Å². The number of aryl methyl sites for hydroxylation is 1. The van der Waals surface area contributed by atoms with Crippen molar-refractivity contribution in [1.29, 1.82) is 0 Å². The van der Waals surface area contributed by atoms with Crippen molar-refractivity contribution in [1.82, 2.24) is 13.0 Å². The summed E-state index contributed by atoms with van der Waals surface area (Å²) in [6.07, 6.45) is 0. The number of rotatable bonds is 2. The summed E-state index contributed by atoms with van der Waals surface area (Å²) in [5, 5.41) is 18.3. The Morgan fingerprint density at radius 1 is 1.21 bits per heavy atom. The molecule has 0 saturated carbocycles. The van der Waals surface area contributed by atoms with E-state index in [2.05, 4.69) is 13.0 Å². The molecule has 0 bridgehead atoms. The first-order valence-corrected chi connectivity index (χ1v) is 7.90. The van der Waals surface area contributed by atoms with E-state index in [-0.39, 0.29) is 5.75 Å². The van der Waals surface area contributed by atoms with Crippen molar-refractivity contribution in [2.45, 2.75) is 6.92 Å². The standard InChI is InChI=1S/C13H10BIN3O/c1-8-6-11-12(18(8)15-14)7-10(16-17-11)9-4-2-3-5-13(9)19/h2-7,19H,1H3/q-1. The Hall–Kier alpha value is -1.57. The predicted octanol–water partition coefficient (Wildman–Crippen LogP) is -0.952. The zero-order valence-corrected chi connectivity index (χ0v) is 12.4. The average molecular weight is 362 g/mol. The summed E-state index contributed by atoms with van der Waals surface area (Å²) in [6, 6.07) is 11.0. The number of phenols is 1. The van der Waals surface area contributed by atoms with Crippen LogP contribution in [0.25, 0.3) is 22.3 Å². The number of aromatic nitrogens is 3. The van der Waals surface area contributed by atoms with Crippen molar-refractivity contribution in [2.24, 2.45) is 0 Å². The van der Waals surface area contributed by atoms with Crippen LogP contribution in [0.2, 0.25) is 0 Å². The van der Waals surface area contributed by atoms with Gasteiger partial charge >= 0.3 is 122 Å². The first-order valence-electron chi connectivity index (χ1n) is 5.69. The molecule has 4 nitrogen and oxygen atoms in total. The van der Waals surface area contributed by atoms with Gasteiger partial charge in [0, 0.05) is 0 Å². The van der Waals surface area contributed by atoms with Crippen molar-refractivity contribution >= 4 is 16.7 Å². The van der Waals surface area contributed by atoms with Gasteiger partial charge in [-0.3, -0.25) is 0 Å². The Labute approximate surface area is 122 Å². The van der Waals surface area contributed by atoms with E-state index in [1.165, 1.54) is 0 Å². The van der Waals surface area contributed by atoms with Crippen LogP contribution in [0, 0.1) is 6.92 Å². The minimum atomic E-state index is -0.581. The molecule has 0 saturated heterocycles. The zero-order chi connectivity index (χ0) is 13.4. The van der Waals surface area contributed by atoms with E-state index in [0.717, 1.165) is 16.7 Å². The van der Waals surface area contributed by atoms with Crippen LogP contribution in [0.4, 0.5) is 0 Å². The van der Waals surface area contributed by atoms with E-state index < -0.39 is 21.3 Å². The van der Waals surface area contributed by atoms with Gasteiger partial charge in [-0.15, -0.1) is 0 Å². The second kappa shape index (κ2) is 4.84. The van der Waals surface area contributed by atoms with Crippen LogP contribution in [-0.2, 0) is 0 Å². The fraction of sp³-hybridized carbons (Fsp3) is 0.0769. The maximum absolute atomic E-state index is 9.88. The molecule has 1 N–H and O–H groups in total. The fourth-order valence-corrected chi connectivity index (χ4v) is 3.31. The number of halogens is 1. The number of aromatic hydroxyl groups is 1. The molecule has 19 heavy (non-hydrogen) atoms. The topological polar surface area (TPSA) is 50.9 Å². The molecule has 0 atom stereocenters. The first kappa shape index (κ1) is 12.5. The quantitative estimate of drug-likeness (QED) is 0.473. The monoisotopic (exact) mass is 362 g/mol. The van der Waals surface area contributed by atoms with Gasteiger partial charge in [0.05, 0.1) is 0 Å². The third kappa shape index (κ3) is 2.09. The van der Waals surface area contributed by atoms with Gasteiger partial charge in [-0.2, -0.15) is 0 Å². The van der Waals surface area contributed by atoms with E-state index in [9.17, 15) is 5.11 Å². The Balaban J connectivity index is 2.24. The summed E-state index contributed by atoms with van der Waals surface area (Å²) in [7, 11) is 0. The van der Waals surface area contributed by atoms with Crippen LogP contribution in [0.15, 0.2) is 36.4 Å². The second-order valence-corrected chi connectivity index (χ2v) is 5.70. The summed E-state index contributed by atoms with van der Waals surface area (Å²) in [5.74, 6) is 0.202. The molecule has 0 aliphatic heterocycles. The molecule has 0 aliphatic carbocycles. The number of phenolic OH excluding ortho intramolecular Hbond substituents is 1. The summed E-state index contributed by atoms with van der Waals surface area (Å²) < 4.78 is 2.08. The molecule has 3 aromatic rings. The summed E-state index contributed by atoms with van der Waals surface area (Å²) in [4.78, 5) is 0. The molecule has 0 unspecified atom stereocenters. The molecule has 2 heterocycles. The summed E-state index contributed by atoms with van der Waals surface area (Å²) >= 11 is -0.581.